The second kappa shape index (κ2) is 5.51. The normalized spacial score (nSPS) is 23.7. The zero-order chi connectivity index (χ0) is 13.2. The van der Waals surface area contributed by atoms with Gasteiger partial charge in [-0.25, -0.2) is 0 Å². The first-order valence-electron chi connectivity index (χ1n) is 7.59. The number of anilines is 1. The Kier molecular flexibility index (Phi) is 3.76. The van der Waals surface area contributed by atoms with Crippen molar-refractivity contribution in [3.63, 3.8) is 0 Å². The number of nitrogens with zero attached hydrogens (tertiary/aromatic N) is 2. The van der Waals surface area contributed by atoms with E-state index in [4.69, 9.17) is 0 Å². The topological polar surface area (TPSA) is 18.5 Å². The molecule has 1 aromatic carbocycles. The zero-order valence-corrected chi connectivity index (χ0v) is 12.2. The zero-order valence-electron chi connectivity index (χ0n) is 12.2. The van der Waals surface area contributed by atoms with Gasteiger partial charge in [-0.1, -0.05) is 25.1 Å². The summed E-state index contributed by atoms with van der Waals surface area (Å²) in [5.41, 5.74) is 4.59. The summed E-state index contributed by atoms with van der Waals surface area (Å²) in [4.78, 5) is 5.13. The number of para-hydroxylation sites is 1. The maximum absolute atomic E-state index is 3.43. The summed E-state index contributed by atoms with van der Waals surface area (Å²) in [5, 5.41) is 3.43. The van der Waals surface area contributed by atoms with Gasteiger partial charge in [0.1, 0.15) is 0 Å². The van der Waals surface area contributed by atoms with Crippen LogP contribution in [0.5, 0.6) is 0 Å². The van der Waals surface area contributed by atoms with Gasteiger partial charge in [-0.3, -0.25) is 4.90 Å². The van der Waals surface area contributed by atoms with E-state index in [0.29, 0.717) is 5.92 Å². The average Bonchev–Trinajstić information content (AvgIpc) is 2.78. The first-order chi connectivity index (χ1) is 9.29. The molecule has 104 valence electrons. The molecule has 1 unspecified atom stereocenters. The third-order valence-corrected chi connectivity index (χ3v) is 4.48. The molecule has 1 aromatic rings. The summed E-state index contributed by atoms with van der Waals surface area (Å²) in [6.07, 6.45) is 0. The summed E-state index contributed by atoms with van der Waals surface area (Å²) in [6, 6.07) is 6.88. The lowest BCUT2D eigenvalue weighted by Gasteiger charge is -2.29. The molecule has 2 aliphatic heterocycles. The monoisotopic (exact) mass is 259 g/mol. The minimum absolute atomic E-state index is 0.679. The predicted octanol–water partition coefficient (Wildman–Crippen LogP) is 2.04. The summed E-state index contributed by atoms with van der Waals surface area (Å²) < 4.78 is 0. The molecule has 3 rings (SSSR count). The van der Waals surface area contributed by atoms with E-state index in [1.54, 1.807) is 5.56 Å². The minimum atomic E-state index is 0.679. The van der Waals surface area contributed by atoms with Crippen LogP contribution in [0.4, 0.5) is 5.69 Å². The Bertz CT molecular complexity index is 438. The van der Waals surface area contributed by atoms with Crippen LogP contribution in [0.1, 0.15) is 30.9 Å². The fourth-order valence-electron chi connectivity index (χ4n) is 3.44. The molecule has 2 aliphatic rings. The van der Waals surface area contributed by atoms with Crippen LogP contribution in [0, 0.1) is 0 Å². The molecule has 0 saturated carbocycles. The van der Waals surface area contributed by atoms with Crippen molar-refractivity contribution in [1.82, 2.24) is 10.2 Å². The van der Waals surface area contributed by atoms with Crippen LogP contribution in [0.15, 0.2) is 18.2 Å². The minimum Gasteiger partial charge on any atom is -0.371 e. The van der Waals surface area contributed by atoms with Crippen LogP contribution >= 0.6 is 0 Å². The van der Waals surface area contributed by atoms with E-state index >= 15 is 0 Å². The summed E-state index contributed by atoms with van der Waals surface area (Å²) in [6.45, 7) is 12.6. The Morgan fingerprint density at radius 3 is 2.79 bits per heavy atom. The van der Waals surface area contributed by atoms with Gasteiger partial charge in [0.2, 0.25) is 0 Å². The Labute approximate surface area is 116 Å². The van der Waals surface area contributed by atoms with Crippen LogP contribution in [0.3, 0.4) is 0 Å². The van der Waals surface area contributed by atoms with E-state index in [-0.39, 0.29) is 0 Å². The maximum atomic E-state index is 3.43. The molecule has 19 heavy (non-hydrogen) atoms. The average molecular weight is 259 g/mol. The van der Waals surface area contributed by atoms with Gasteiger partial charge >= 0.3 is 0 Å². The van der Waals surface area contributed by atoms with Gasteiger partial charge in [0, 0.05) is 57.4 Å². The van der Waals surface area contributed by atoms with Crippen LogP contribution in [-0.2, 0) is 6.54 Å². The Hall–Kier alpha value is -1.06. The molecule has 0 amide bonds. The van der Waals surface area contributed by atoms with Crippen molar-refractivity contribution in [3.05, 3.63) is 29.3 Å². The van der Waals surface area contributed by atoms with Crippen molar-refractivity contribution in [2.45, 2.75) is 26.3 Å². The molecular formula is C16H25N3. The van der Waals surface area contributed by atoms with E-state index in [1.165, 1.54) is 30.9 Å². The fourth-order valence-corrected chi connectivity index (χ4v) is 3.44. The van der Waals surface area contributed by atoms with Crippen molar-refractivity contribution in [1.29, 1.82) is 0 Å². The van der Waals surface area contributed by atoms with Gasteiger partial charge in [-0.15, -0.1) is 0 Å². The van der Waals surface area contributed by atoms with Crippen molar-refractivity contribution in [2.24, 2.45) is 0 Å². The highest BCUT2D eigenvalue weighted by molar-refractivity contribution is 5.65. The molecule has 1 saturated heterocycles. The fraction of sp³-hybridized carbons (Fsp3) is 0.625. The second-order valence-corrected chi connectivity index (χ2v) is 5.82. The lowest BCUT2D eigenvalue weighted by atomic mass is 10.0. The first-order valence-corrected chi connectivity index (χ1v) is 7.59. The highest BCUT2D eigenvalue weighted by atomic mass is 15.2. The highest BCUT2D eigenvalue weighted by Gasteiger charge is 2.27. The lowest BCUT2D eigenvalue weighted by Crippen LogP contribution is -2.43. The van der Waals surface area contributed by atoms with Crippen LogP contribution in [0.25, 0.3) is 0 Å². The molecule has 2 heterocycles. The third kappa shape index (κ3) is 2.49. The van der Waals surface area contributed by atoms with Gasteiger partial charge in [0.15, 0.2) is 0 Å². The summed E-state index contributed by atoms with van der Waals surface area (Å²) >= 11 is 0. The van der Waals surface area contributed by atoms with E-state index in [9.17, 15) is 0 Å². The Balaban J connectivity index is 1.85. The highest BCUT2D eigenvalue weighted by Crippen LogP contribution is 2.38. The molecule has 0 spiro atoms. The second-order valence-electron chi connectivity index (χ2n) is 5.82. The van der Waals surface area contributed by atoms with Crippen molar-refractivity contribution in [2.75, 3.05) is 44.2 Å². The molecule has 1 atom stereocenters. The number of piperazine rings is 1. The van der Waals surface area contributed by atoms with Crippen LogP contribution in [-0.4, -0.2) is 44.2 Å². The van der Waals surface area contributed by atoms with Crippen LogP contribution in [0.2, 0.25) is 0 Å². The van der Waals surface area contributed by atoms with Gasteiger partial charge in [-0.2, -0.15) is 0 Å². The molecule has 1 N–H and O–H groups in total. The van der Waals surface area contributed by atoms with Gasteiger partial charge < -0.3 is 10.2 Å². The number of fused-ring (bicyclic) bond motifs is 1. The molecule has 1 fully saturated rings. The lowest BCUT2D eigenvalue weighted by molar-refractivity contribution is 0.233. The van der Waals surface area contributed by atoms with E-state index in [2.05, 4.69) is 47.2 Å². The first kappa shape index (κ1) is 12.9. The molecule has 3 nitrogen and oxygen atoms in total. The maximum Gasteiger partial charge on any atom is 0.0448 e. The van der Waals surface area contributed by atoms with E-state index < -0.39 is 0 Å². The molecule has 0 aromatic heterocycles. The van der Waals surface area contributed by atoms with Crippen LogP contribution < -0.4 is 10.2 Å². The van der Waals surface area contributed by atoms with E-state index in [1.807, 2.05) is 0 Å². The number of benzene rings is 1. The number of likely N-dealkylation sites (N-methyl/N-ethyl adjacent to an activating group) is 1. The summed E-state index contributed by atoms with van der Waals surface area (Å²) in [7, 11) is 0. The van der Waals surface area contributed by atoms with E-state index in [0.717, 1.165) is 26.2 Å². The van der Waals surface area contributed by atoms with Crippen molar-refractivity contribution >= 4 is 5.69 Å². The SMILES string of the molecule is CCN1CC(C)c2cccc(CN3CCNCC3)c21. The molecular weight excluding hydrogens is 234 g/mol. The molecule has 3 heteroatoms. The molecule has 0 bridgehead atoms. The van der Waals surface area contributed by atoms with Gasteiger partial charge in [0.25, 0.3) is 0 Å². The largest absolute Gasteiger partial charge is 0.371 e. The predicted molar refractivity (Wildman–Crippen MR) is 80.9 cm³/mol. The molecule has 0 radical (unpaired) electrons. The standard InChI is InChI=1S/C16H25N3/c1-3-19-11-13(2)15-6-4-5-14(16(15)19)12-18-9-7-17-8-10-18/h4-6,13,17H,3,7-12H2,1-2H3. The summed E-state index contributed by atoms with van der Waals surface area (Å²) in [5.74, 6) is 0.679. The number of hydrogen-bond donors (Lipinski definition) is 1. The quantitative estimate of drug-likeness (QED) is 0.896. The van der Waals surface area contributed by atoms with Crippen molar-refractivity contribution < 1.29 is 0 Å². The Morgan fingerprint density at radius 2 is 2.05 bits per heavy atom. The number of nitrogens with one attached hydrogen (secondary N) is 1. The van der Waals surface area contributed by atoms with Gasteiger partial charge in [0.05, 0.1) is 0 Å². The Morgan fingerprint density at radius 1 is 1.26 bits per heavy atom. The third-order valence-electron chi connectivity index (χ3n) is 4.48. The molecule has 0 aliphatic carbocycles. The number of hydrogen-bond acceptors (Lipinski definition) is 3. The van der Waals surface area contributed by atoms with Gasteiger partial charge in [-0.05, 0) is 18.1 Å². The number of rotatable bonds is 3. The van der Waals surface area contributed by atoms with Crippen molar-refractivity contribution in [3.8, 4) is 0 Å². The smallest absolute Gasteiger partial charge is 0.0448 e.